The van der Waals surface area contributed by atoms with Crippen molar-refractivity contribution in [2.75, 3.05) is 5.75 Å². The monoisotopic (exact) mass is 172 g/mol. The standard InChI is InChI=1S/C7H8OS2/c1-4-2-9-7-5(8)3-10-6(4)7/h3-4,8H,2H2,1H3. The largest absolute Gasteiger partial charge is 0.506 e. The van der Waals surface area contributed by atoms with E-state index < -0.39 is 0 Å². The third-order valence-electron chi connectivity index (χ3n) is 1.68. The predicted octanol–water partition coefficient (Wildman–Crippen LogP) is 2.66. The highest BCUT2D eigenvalue weighted by atomic mass is 32.2. The Kier molecular flexibility index (Phi) is 1.42. The molecule has 1 aliphatic heterocycles. The zero-order valence-electron chi connectivity index (χ0n) is 5.63. The van der Waals surface area contributed by atoms with Crippen molar-refractivity contribution in [1.82, 2.24) is 0 Å². The second kappa shape index (κ2) is 2.17. The van der Waals surface area contributed by atoms with Gasteiger partial charge in [0.1, 0.15) is 5.75 Å². The lowest BCUT2D eigenvalue weighted by Gasteiger charge is -1.94. The molecule has 2 heterocycles. The van der Waals surface area contributed by atoms with Crippen LogP contribution in [0.2, 0.25) is 0 Å². The van der Waals surface area contributed by atoms with Crippen LogP contribution in [0.4, 0.5) is 0 Å². The van der Waals surface area contributed by atoms with Gasteiger partial charge in [-0.05, 0) is 0 Å². The molecule has 0 amide bonds. The van der Waals surface area contributed by atoms with Crippen LogP contribution in [0.5, 0.6) is 5.75 Å². The van der Waals surface area contributed by atoms with Crippen LogP contribution in [0.25, 0.3) is 0 Å². The van der Waals surface area contributed by atoms with E-state index in [1.807, 2.05) is 5.38 Å². The maximum atomic E-state index is 9.28. The van der Waals surface area contributed by atoms with E-state index in [1.54, 1.807) is 23.1 Å². The number of thiophene rings is 1. The van der Waals surface area contributed by atoms with Crippen LogP contribution in [0.3, 0.4) is 0 Å². The van der Waals surface area contributed by atoms with Gasteiger partial charge in [0, 0.05) is 21.9 Å². The minimum absolute atomic E-state index is 0.481. The van der Waals surface area contributed by atoms with Gasteiger partial charge in [0.25, 0.3) is 0 Å². The van der Waals surface area contributed by atoms with Crippen LogP contribution < -0.4 is 0 Å². The molecule has 1 unspecified atom stereocenters. The highest BCUT2D eigenvalue weighted by Crippen LogP contribution is 2.48. The number of aromatic hydroxyl groups is 1. The van der Waals surface area contributed by atoms with Gasteiger partial charge in [0.05, 0.1) is 4.90 Å². The molecule has 1 aromatic heterocycles. The number of hydrogen-bond donors (Lipinski definition) is 1. The summed E-state index contributed by atoms with van der Waals surface area (Å²) in [5.74, 6) is 2.26. The van der Waals surface area contributed by atoms with Gasteiger partial charge in [-0.3, -0.25) is 0 Å². The Morgan fingerprint density at radius 3 is 3.20 bits per heavy atom. The van der Waals surface area contributed by atoms with E-state index in [0.29, 0.717) is 11.7 Å². The van der Waals surface area contributed by atoms with Crippen molar-refractivity contribution in [3.05, 3.63) is 10.3 Å². The molecule has 1 aliphatic rings. The fourth-order valence-electron chi connectivity index (χ4n) is 1.12. The second-order valence-electron chi connectivity index (χ2n) is 2.53. The molecule has 0 fully saturated rings. The zero-order valence-corrected chi connectivity index (χ0v) is 7.26. The molecule has 0 bridgehead atoms. The smallest absolute Gasteiger partial charge is 0.140 e. The van der Waals surface area contributed by atoms with Gasteiger partial charge in [0.15, 0.2) is 0 Å². The predicted molar refractivity (Wildman–Crippen MR) is 45.1 cm³/mol. The summed E-state index contributed by atoms with van der Waals surface area (Å²) in [5.41, 5.74) is 0. The van der Waals surface area contributed by atoms with Crippen molar-refractivity contribution in [2.45, 2.75) is 17.7 Å². The van der Waals surface area contributed by atoms with Crippen LogP contribution in [0, 0.1) is 0 Å². The van der Waals surface area contributed by atoms with Crippen molar-refractivity contribution >= 4 is 23.1 Å². The van der Waals surface area contributed by atoms with E-state index in [-0.39, 0.29) is 0 Å². The molecule has 2 rings (SSSR count). The number of hydrogen-bond acceptors (Lipinski definition) is 3. The molecule has 0 aromatic carbocycles. The van der Waals surface area contributed by atoms with E-state index in [9.17, 15) is 5.11 Å². The molecule has 54 valence electrons. The minimum atomic E-state index is 0.481. The molecule has 10 heavy (non-hydrogen) atoms. The first-order valence-electron chi connectivity index (χ1n) is 3.22. The van der Waals surface area contributed by atoms with Gasteiger partial charge < -0.3 is 5.11 Å². The Balaban J connectivity index is 2.53. The van der Waals surface area contributed by atoms with E-state index >= 15 is 0 Å². The van der Waals surface area contributed by atoms with Crippen LogP contribution in [0.1, 0.15) is 17.7 Å². The lowest BCUT2D eigenvalue weighted by Crippen LogP contribution is -1.83. The summed E-state index contributed by atoms with van der Waals surface area (Å²) < 4.78 is 0. The Morgan fingerprint density at radius 1 is 1.70 bits per heavy atom. The van der Waals surface area contributed by atoms with Gasteiger partial charge in [-0.15, -0.1) is 23.1 Å². The molecule has 3 heteroatoms. The quantitative estimate of drug-likeness (QED) is 0.649. The van der Waals surface area contributed by atoms with Crippen LogP contribution in [-0.4, -0.2) is 10.9 Å². The SMILES string of the molecule is CC1CSc2c(O)csc21. The summed E-state index contributed by atoms with van der Waals surface area (Å²) in [6.45, 7) is 2.20. The molecule has 0 aliphatic carbocycles. The summed E-state index contributed by atoms with van der Waals surface area (Å²) in [6, 6.07) is 0. The van der Waals surface area contributed by atoms with Crippen molar-refractivity contribution in [1.29, 1.82) is 0 Å². The highest BCUT2D eigenvalue weighted by molar-refractivity contribution is 8.00. The topological polar surface area (TPSA) is 20.2 Å². The van der Waals surface area contributed by atoms with Crippen LogP contribution in [-0.2, 0) is 0 Å². The molecule has 0 radical (unpaired) electrons. The van der Waals surface area contributed by atoms with Gasteiger partial charge >= 0.3 is 0 Å². The van der Waals surface area contributed by atoms with Crippen molar-refractivity contribution in [2.24, 2.45) is 0 Å². The van der Waals surface area contributed by atoms with Crippen LogP contribution >= 0.6 is 23.1 Å². The minimum Gasteiger partial charge on any atom is -0.506 e. The van der Waals surface area contributed by atoms with Gasteiger partial charge in [-0.1, -0.05) is 6.92 Å². The molecule has 1 aromatic rings. The van der Waals surface area contributed by atoms with Crippen molar-refractivity contribution in [3.8, 4) is 5.75 Å². The lowest BCUT2D eigenvalue weighted by atomic mass is 10.2. The highest BCUT2D eigenvalue weighted by Gasteiger charge is 2.23. The van der Waals surface area contributed by atoms with Gasteiger partial charge in [-0.25, -0.2) is 0 Å². The second-order valence-corrected chi connectivity index (χ2v) is 4.47. The van der Waals surface area contributed by atoms with E-state index in [4.69, 9.17) is 0 Å². The maximum absolute atomic E-state index is 9.28. The Labute approximate surface area is 68.1 Å². The zero-order chi connectivity index (χ0) is 7.14. The third-order valence-corrected chi connectivity index (χ3v) is 4.39. The van der Waals surface area contributed by atoms with Crippen molar-refractivity contribution in [3.63, 3.8) is 0 Å². The summed E-state index contributed by atoms with van der Waals surface area (Å²) in [4.78, 5) is 2.49. The normalized spacial score (nSPS) is 23.1. The molecule has 1 nitrogen and oxygen atoms in total. The number of fused-ring (bicyclic) bond motifs is 1. The van der Waals surface area contributed by atoms with Crippen LogP contribution in [0.15, 0.2) is 10.3 Å². The molecular formula is C7H8OS2. The summed E-state index contributed by atoms with van der Waals surface area (Å²) in [6.07, 6.45) is 0. The van der Waals surface area contributed by atoms with Gasteiger partial charge in [-0.2, -0.15) is 0 Å². The molecule has 0 saturated carbocycles. The fraction of sp³-hybridized carbons (Fsp3) is 0.429. The maximum Gasteiger partial charge on any atom is 0.140 e. The molecule has 0 saturated heterocycles. The average Bonchev–Trinajstić information content (AvgIpc) is 2.41. The molecule has 1 atom stereocenters. The van der Waals surface area contributed by atoms with Gasteiger partial charge in [0.2, 0.25) is 0 Å². The van der Waals surface area contributed by atoms with E-state index in [1.165, 1.54) is 4.88 Å². The van der Waals surface area contributed by atoms with E-state index in [2.05, 4.69) is 6.92 Å². The third kappa shape index (κ3) is 0.772. The number of rotatable bonds is 0. The first-order chi connectivity index (χ1) is 4.79. The summed E-state index contributed by atoms with van der Waals surface area (Å²) in [5, 5.41) is 11.1. The molecule has 0 spiro atoms. The average molecular weight is 172 g/mol. The summed E-state index contributed by atoms with van der Waals surface area (Å²) in [7, 11) is 0. The summed E-state index contributed by atoms with van der Waals surface area (Å²) >= 11 is 3.45. The fourth-order valence-corrected chi connectivity index (χ4v) is 3.64. The first kappa shape index (κ1) is 6.55. The molecular weight excluding hydrogens is 164 g/mol. The lowest BCUT2D eigenvalue weighted by molar-refractivity contribution is 0.465. The van der Waals surface area contributed by atoms with E-state index in [0.717, 1.165) is 10.6 Å². The van der Waals surface area contributed by atoms with Crippen molar-refractivity contribution < 1.29 is 5.11 Å². The first-order valence-corrected chi connectivity index (χ1v) is 5.08. The Morgan fingerprint density at radius 2 is 2.50 bits per heavy atom. The Hall–Kier alpha value is -0.150. The Bertz CT molecular complexity index is 254. The molecule has 1 N–H and O–H groups in total. The number of thioether (sulfide) groups is 1.